The Labute approximate surface area is 177 Å². The maximum absolute atomic E-state index is 13.2. The summed E-state index contributed by atoms with van der Waals surface area (Å²) in [6.45, 7) is 0. The van der Waals surface area contributed by atoms with Crippen molar-refractivity contribution in [2.45, 2.75) is 43.9 Å². The number of aromatic nitrogens is 1. The Morgan fingerprint density at radius 3 is 2.48 bits per heavy atom. The van der Waals surface area contributed by atoms with Crippen LogP contribution in [0.4, 0.5) is 18.9 Å². The van der Waals surface area contributed by atoms with Crippen molar-refractivity contribution in [3.63, 3.8) is 0 Å². The average molecular weight is 426 g/mol. The minimum Gasteiger partial charge on any atom is -0.382 e. The molecule has 3 N–H and O–H groups in total. The highest BCUT2D eigenvalue weighted by Crippen LogP contribution is 2.36. The predicted octanol–water partition coefficient (Wildman–Crippen LogP) is 5.23. The zero-order chi connectivity index (χ0) is 22.2. The molecule has 1 heterocycles. The van der Waals surface area contributed by atoms with Gasteiger partial charge in [-0.25, -0.2) is 0 Å². The number of anilines is 1. The summed E-state index contributed by atoms with van der Waals surface area (Å²) in [5.74, 6) is -0.466. The molecule has 0 saturated heterocycles. The Morgan fingerprint density at radius 2 is 1.84 bits per heavy atom. The lowest BCUT2D eigenvalue weighted by molar-refractivity contribution is -0.137. The maximum Gasteiger partial charge on any atom is 0.417 e. The number of hydrogen-bond donors (Lipinski definition) is 2. The molecule has 2 aromatic carbocycles. The number of carbonyl (C=O) groups is 1. The van der Waals surface area contributed by atoms with Crippen LogP contribution in [0.1, 0.15) is 53.2 Å². The van der Waals surface area contributed by atoms with E-state index in [-0.39, 0.29) is 17.6 Å². The van der Waals surface area contributed by atoms with Gasteiger partial charge in [-0.05, 0) is 49.9 Å². The molecule has 0 unspecified atom stereocenters. The van der Waals surface area contributed by atoms with Gasteiger partial charge < -0.3 is 15.6 Å². The number of nitrogens with two attached hydrogens (primary N) is 1. The number of halogens is 3. The Kier molecular flexibility index (Phi) is 5.36. The molecule has 31 heavy (non-hydrogen) atoms. The average Bonchev–Trinajstić information content (AvgIpc) is 3.14. The number of fused-ring (bicyclic) bond motifs is 1. The van der Waals surface area contributed by atoms with E-state index in [1.54, 1.807) is 6.07 Å². The molecule has 4 rings (SSSR count). The molecule has 0 aliphatic heterocycles. The van der Waals surface area contributed by atoms with E-state index in [0.717, 1.165) is 42.7 Å². The van der Waals surface area contributed by atoms with Crippen molar-refractivity contribution in [1.29, 1.82) is 5.26 Å². The number of nitrogens with zero attached hydrogens (tertiary/aromatic N) is 2. The molecule has 160 valence electrons. The number of carbonyl (C=O) groups excluding carboxylic acids is 1. The largest absolute Gasteiger partial charge is 0.417 e. The van der Waals surface area contributed by atoms with E-state index in [1.807, 2.05) is 30.5 Å². The van der Waals surface area contributed by atoms with E-state index in [4.69, 9.17) is 11.0 Å². The second-order valence-electron chi connectivity index (χ2n) is 7.85. The van der Waals surface area contributed by atoms with Gasteiger partial charge in [0, 0.05) is 34.9 Å². The minimum atomic E-state index is -4.58. The summed E-state index contributed by atoms with van der Waals surface area (Å²) in [6.07, 6.45) is 0.401. The van der Waals surface area contributed by atoms with E-state index in [0.29, 0.717) is 11.3 Å². The summed E-state index contributed by atoms with van der Waals surface area (Å²) in [5.41, 5.74) is 6.03. The maximum atomic E-state index is 13.2. The summed E-state index contributed by atoms with van der Waals surface area (Å²) in [4.78, 5) is 11.8. The summed E-state index contributed by atoms with van der Waals surface area (Å²) in [7, 11) is 0. The first kappa shape index (κ1) is 20.8. The quantitative estimate of drug-likeness (QED) is 0.599. The lowest BCUT2D eigenvalue weighted by Gasteiger charge is -2.31. The van der Waals surface area contributed by atoms with Crippen molar-refractivity contribution in [3.05, 3.63) is 65.4 Å². The zero-order valence-corrected chi connectivity index (χ0v) is 16.6. The van der Waals surface area contributed by atoms with Gasteiger partial charge in [-0.3, -0.25) is 4.79 Å². The first-order chi connectivity index (χ1) is 14.8. The minimum absolute atomic E-state index is 0.0303. The van der Waals surface area contributed by atoms with Gasteiger partial charge in [-0.2, -0.15) is 18.4 Å². The van der Waals surface area contributed by atoms with Gasteiger partial charge in [0.1, 0.15) is 0 Å². The molecular formula is C23H21F3N4O. The fraction of sp³-hybridized carbons (Fsp3) is 0.304. The standard InChI is InChI=1S/C23H21F3N4O/c24-23(25,26)20-11-16(6-5-14(20)12-27)29-15-7-9-17(10-8-15)30-13-19(22(28)31)18-3-1-2-4-21(18)30/h1-6,11,13,15,17,29H,7-10H2,(H2,28,31). The van der Waals surface area contributed by atoms with Crippen LogP contribution in [0.5, 0.6) is 0 Å². The van der Waals surface area contributed by atoms with Crippen LogP contribution in [0.2, 0.25) is 0 Å². The Hall–Kier alpha value is -3.47. The normalized spacial score (nSPS) is 19.2. The lowest BCUT2D eigenvalue weighted by atomic mass is 9.90. The zero-order valence-electron chi connectivity index (χ0n) is 16.6. The molecule has 1 aromatic heterocycles. The van der Waals surface area contributed by atoms with Gasteiger partial charge in [-0.1, -0.05) is 18.2 Å². The predicted molar refractivity (Wildman–Crippen MR) is 112 cm³/mol. The van der Waals surface area contributed by atoms with Crippen LogP contribution < -0.4 is 11.1 Å². The third-order valence-corrected chi connectivity index (χ3v) is 5.91. The second-order valence-corrected chi connectivity index (χ2v) is 7.85. The summed E-state index contributed by atoms with van der Waals surface area (Å²) < 4.78 is 41.7. The lowest BCUT2D eigenvalue weighted by Crippen LogP contribution is -2.27. The third-order valence-electron chi connectivity index (χ3n) is 5.91. The van der Waals surface area contributed by atoms with Crippen LogP contribution in [0.25, 0.3) is 10.9 Å². The molecule has 1 saturated carbocycles. The van der Waals surface area contributed by atoms with Crippen LogP contribution >= 0.6 is 0 Å². The van der Waals surface area contributed by atoms with Crippen LogP contribution in [-0.2, 0) is 6.18 Å². The Balaban J connectivity index is 1.49. The molecule has 0 bridgehead atoms. The Bertz CT molecular complexity index is 1170. The number of alkyl halides is 3. The number of para-hydroxylation sites is 1. The third kappa shape index (κ3) is 4.08. The number of nitrogens with one attached hydrogen (secondary N) is 1. The highest BCUT2D eigenvalue weighted by molar-refractivity contribution is 6.06. The number of primary amides is 1. The van der Waals surface area contributed by atoms with Gasteiger partial charge in [-0.15, -0.1) is 0 Å². The van der Waals surface area contributed by atoms with Crippen molar-refractivity contribution < 1.29 is 18.0 Å². The number of benzene rings is 2. The van der Waals surface area contributed by atoms with E-state index in [2.05, 4.69) is 9.88 Å². The molecule has 1 fully saturated rings. The highest BCUT2D eigenvalue weighted by atomic mass is 19.4. The SMILES string of the molecule is N#Cc1ccc(NC2CCC(n3cc(C(N)=O)c4ccccc43)CC2)cc1C(F)(F)F. The molecule has 5 nitrogen and oxygen atoms in total. The van der Waals surface area contributed by atoms with Crippen molar-refractivity contribution in [2.24, 2.45) is 5.73 Å². The van der Waals surface area contributed by atoms with Gasteiger partial charge in [0.2, 0.25) is 0 Å². The summed E-state index contributed by atoms with van der Waals surface area (Å²) >= 11 is 0. The van der Waals surface area contributed by atoms with Crippen LogP contribution in [0.3, 0.4) is 0 Å². The fourth-order valence-corrected chi connectivity index (χ4v) is 4.40. The number of amides is 1. The second kappa shape index (κ2) is 7.99. The highest BCUT2D eigenvalue weighted by Gasteiger charge is 2.34. The van der Waals surface area contributed by atoms with Crippen LogP contribution in [0, 0.1) is 11.3 Å². The van der Waals surface area contributed by atoms with E-state index in [1.165, 1.54) is 12.1 Å². The van der Waals surface area contributed by atoms with Crippen molar-refractivity contribution in [2.75, 3.05) is 5.32 Å². The number of rotatable bonds is 4. The first-order valence-corrected chi connectivity index (χ1v) is 10.0. The van der Waals surface area contributed by atoms with Crippen LogP contribution in [-0.4, -0.2) is 16.5 Å². The summed E-state index contributed by atoms with van der Waals surface area (Å²) in [5, 5.41) is 13.0. The molecule has 3 aromatic rings. The molecule has 0 radical (unpaired) electrons. The molecule has 1 aliphatic carbocycles. The van der Waals surface area contributed by atoms with Gasteiger partial charge in [0.15, 0.2) is 0 Å². The molecule has 0 spiro atoms. The smallest absolute Gasteiger partial charge is 0.382 e. The van der Waals surface area contributed by atoms with Crippen molar-refractivity contribution in [3.8, 4) is 6.07 Å². The topological polar surface area (TPSA) is 83.8 Å². The van der Waals surface area contributed by atoms with Gasteiger partial charge in [0.25, 0.3) is 5.91 Å². The summed E-state index contributed by atoms with van der Waals surface area (Å²) in [6, 6.07) is 13.2. The van der Waals surface area contributed by atoms with E-state index in [9.17, 15) is 18.0 Å². The first-order valence-electron chi connectivity index (χ1n) is 10.0. The number of hydrogen-bond acceptors (Lipinski definition) is 3. The van der Waals surface area contributed by atoms with Crippen LogP contribution in [0.15, 0.2) is 48.7 Å². The molecular weight excluding hydrogens is 405 g/mol. The van der Waals surface area contributed by atoms with Gasteiger partial charge >= 0.3 is 6.18 Å². The van der Waals surface area contributed by atoms with E-state index < -0.39 is 17.6 Å². The molecule has 8 heteroatoms. The number of nitriles is 1. The Morgan fingerprint density at radius 1 is 1.13 bits per heavy atom. The molecule has 1 amide bonds. The monoisotopic (exact) mass is 426 g/mol. The van der Waals surface area contributed by atoms with Crippen molar-refractivity contribution in [1.82, 2.24) is 4.57 Å². The molecule has 1 aliphatic rings. The van der Waals surface area contributed by atoms with Crippen molar-refractivity contribution >= 4 is 22.5 Å². The van der Waals surface area contributed by atoms with E-state index >= 15 is 0 Å². The fourth-order valence-electron chi connectivity index (χ4n) is 4.40. The van der Waals surface area contributed by atoms with Gasteiger partial charge in [0.05, 0.1) is 22.8 Å². The molecule has 0 atom stereocenters.